The van der Waals surface area contributed by atoms with E-state index in [1.807, 2.05) is 25.8 Å². The molecule has 110 valence electrons. The van der Waals surface area contributed by atoms with Gasteiger partial charge in [0, 0.05) is 11.4 Å². The summed E-state index contributed by atoms with van der Waals surface area (Å²) in [5, 5.41) is 14.1. The van der Waals surface area contributed by atoms with Gasteiger partial charge in [-0.2, -0.15) is 5.26 Å². The van der Waals surface area contributed by atoms with Gasteiger partial charge in [0.05, 0.1) is 12.6 Å². The van der Waals surface area contributed by atoms with E-state index in [4.69, 9.17) is 0 Å². The van der Waals surface area contributed by atoms with E-state index in [9.17, 15) is 10.1 Å². The molecule has 5 heteroatoms. The SMILES string of the molecule is Cc1ccsc1CN(C)CC(=O)N[C@](C)(C#N)C(C)C. The van der Waals surface area contributed by atoms with Gasteiger partial charge in [0.15, 0.2) is 0 Å². The highest BCUT2D eigenvalue weighted by molar-refractivity contribution is 7.10. The molecule has 0 spiro atoms. The van der Waals surface area contributed by atoms with Crippen molar-refractivity contribution in [1.29, 1.82) is 5.26 Å². The number of nitriles is 1. The van der Waals surface area contributed by atoms with Crippen LogP contribution in [0.4, 0.5) is 0 Å². The van der Waals surface area contributed by atoms with Gasteiger partial charge in [-0.15, -0.1) is 11.3 Å². The molecule has 1 amide bonds. The van der Waals surface area contributed by atoms with Gasteiger partial charge in [-0.25, -0.2) is 0 Å². The van der Waals surface area contributed by atoms with Gasteiger partial charge < -0.3 is 5.32 Å². The second-order valence-corrected chi connectivity index (χ2v) is 6.72. The normalized spacial score (nSPS) is 14.1. The Balaban J connectivity index is 2.54. The molecule has 1 aromatic heterocycles. The first-order valence-corrected chi connectivity index (χ1v) is 7.60. The molecule has 0 saturated carbocycles. The lowest BCUT2D eigenvalue weighted by Gasteiger charge is -2.28. The lowest BCUT2D eigenvalue weighted by molar-refractivity contribution is -0.123. The maximum atomic E-state index is 12.0. The Morgan fingerprint density at radius 1 is 1.60 bits per heavy atom. The van der Waals surface area contributed by atoms with Crippen molar-refractivity contribution >= 4 is 17.2 Å². The van der Waals surface area contributed by atoms with E-state index < -0.39 is 5.54 Å². The van der Waals surface area contributed by atoms with Crippen molar-refractivity contribution in [2.45, 2.75) is 39.8 Å². The highest BCUT2D eigenvalue weighted by Crippen LogP contribution is 2.17. The highest BCUT2D eigenvalue weighted by atomic mass is 32.1. The third-order valence-corrected chi connectivity index (χ3v) is 4.59. The zero-order valence-corrected chi connectivity index (χ0v) is 13.7. The summed E-state index contributed by atoms with van der Waals surface area (Å²) in [6, 6.07) is 4.27. The molecule has 1 atom stereocenters. The predicted octanol–water partition coefficient (Wildman–Crippen LogP) is 2.54. The molecular weight excluding hydrogens is 270 g/mol. The van der Waals surface area contributed by atoms with Crippen LogP contribution in [-0.2, 0) is 11.3 Å². The Kier molecular flexibility index (Phi) is 5.73. The van der Waals surface area contributed by atoms with Crippen LogP contribution < -0.4 is 5.32 Å². The molecule has 0 radical (unpaired) electrons. The number of likely N-dealkylation sites (N-methyl/N-ethyl adjacent to an activating group) is 1. The summed E-state index contributed by atoms with van der Waals surface area (Å²) >= 11 is 1.70. The van der Waals surface area contributed by atoms with Crippen LogP contribution >= 0.6 is 11.3 Å². The van der Waals surface area contributed by atoms with Gasteiger partial charge in [-0.1, -0.05) is 13.8 Å². The number of hydrogen-bond donors (Lipinski definition) is 1. The van der Waals surface area contributed by atoms with Crippen molar-refractivity contribution in [3.63, 3.8) is 0 Å². The number of nitrogens with zero attached hydrogens (tertiary/aromatic N) is 2. The standard InChI is InChI=1S/C15H23N3OS/c1-11(2)15(4,10-16)17-14(19)9-18(5)8-13-12(3)6-7-20-13/h6-7,11H,8-9H2,1-5H3,(H,17,19)/t15-/m1/s1. The molecule has 0 aliphatic heterocycles. The fourth-order valence-corrected chi connectivity index (χ4v) is 2.73. The Labute approximate surface area is 125 Å². The number of carbonyl (C=O) groups is 1. The molecule has 0 unspecified atom stereocenters. The lowest BCUT2D eigenvalue weighted by atomic mass is 9.90. The van der Waals surface area contributed by atoms with Crippen molar-refractivity contribution in [2.24, 2.45) is 5.92 Å². The second kappa shape index (κ2) is 6.87. The third-order valence-electron chi connectivity index (χ3n) is 3.58. The van der Waals surface area contributed by atoms with Crippen molar-refractivity contribution in [3.8, 4) is 6.07 Å². The Morgan fingerprint density at radius 3 is 2.70 bits per heavy atom. The van der Waals surface area contributed by atoms with E-state index in [1.54, 1.807) is 18.3 Å². The number of carbonyl (C=O) groups excluding carboxylic acids is 1. The van der Waals surface area contributed by atoms with Crippen LogP contribution in [0.5, 0.6) is 0 Å². The summed E-state index contributed by atoms with van der Waals surface area (Å²) in [7, 11) is 1.91. The Bertz CT molecular complexity index is 503. The molecule has 4 nitrogen and oxygen atoms in total. The number of rotatable bonds is 6. The van der Waals surface area contributed by atoms with Gasteiger partial charge in [0.1, 0.15) is 5.54 Å². The van der Waals surface area contributed by atoms with Crippen molar-refractivity contribution in [2.75, 3.05) is 13.6 Å². The topological polar surface area (TPSA) is 56.1 Å². The number of aryl methyl sites for hydroxylation is 1. The number of hydrogen-bond acceptors (Lipinski definition) is 4. The van der Waals surface area contributed by atoms with Gasteiger partial charge in [-0.05, 0) is 43.8 Å². The summed E-state index contributed by atoms with van der Waals surface area (Å²) in [5.41, 5.74) is 0.447. The molecule has 0 saturated heterocycles. The van der Waals surface area contributed by atoms with Crippen molar-refractivity contribution < 1.29 is 4.79 Å². The van der Waals surface area contributed by atoms with E-state index in [2.05, 4.69) is 29.8 Å². The fourth-order valence-electron chi connectivity index (χ4n) is 1.74. The molecule has 20 heavy (non-hydrogen) atoms. The maximum absolute atomic E-state index is 12.0. The second-order valence-electron chi connectivity index (χ2n) is 5.72. The molecule has 0 aliphatic carbocycles. The van der Waals surface area contributed by atoms with E-state index in [0.717, 1.165) is 6.54 Å². The Hall–Kier alpha value is -1.38. The van der Waals surface area contributed by atoms with Crippen LogP contribution in [0.1, 0.15) is 31.2 Å². The highest BCUT2D eigenvalue weighted by Gasteiger charge is 2.30. The molecular formula is C15H23N3OS. The molecule has 0 aromatic carbocycles. The summed E-state index contributed by atoms with van der Waals surface area (Å²) in [4.78, 5) is 15.3. The number of amides is 1. The fraction of sp³-hybridized carbons (Fsp3) is 0.600. The predicted molar refractivity (Wildman–Crippen MR) is 82.4 cm³/mol. The number of thiophene rings is 1. The van der Waals surface area contributed by atoms with E-state index in [-0.39, 0.29) is 11.8 Å². The van der Waals surface area contributed by atoms with Crippen molar-refractivity contribution in [3.05, 3.63) is 21.9 Å². The molecule has 0 aliphatic rings. The first kappa shape index (κ1) is 16.7. The van der Waals surface area contributed by atoms with Gasteiger partial charge in [0.2, 0.25) is 5.91 Å². The average Bonchev–Trinajstić information content (AvgIpc) is 2.74. The summed E-state index contributed by atoms with van der Waals surface area (Å²) in [5.74, 6) is -0.0410. The molecule has 0 fully saturated rings. The first-order valence-electron chi connectivity index (χ1n) is 6.72. The van der Waals surface area contributed by atoms with Gasteiger partial charge in [0.25, 0.3) is 0 Å². The molecule has 1 aromatic rings. The first-order chi connectivity index (χ1) is 9.28. The third kappa shape index (κ3) is 4.32. The smallest absolute Gasteiger partial charge is 0.235 e. The monoisotopic (exact) mass is 293 g/mol. The molecule has 1 rings (SSSR count). The lowest BCUT2D eigenvalue weighted by Crippen LogP contribution is -2.51. The minimum atomic E-state index is -0.809. The Morgan fingerprint density at radius 2 is 2.25 bits per heavy atom. The summed E-state index contributed by atoms with van der Waals surface area (Å²) in [6.07, 6.45) is 0. The summed E-state index contributed by atoms with van der Waals surface area (Å²) in [6.45, 7) is 8.75. The molecule has 1 N–H and O–H groups in total. The minimum absolute atomic E-state index is 0.0706. The van der Waals surface area contributed by atoms with Crippen LogP contribution in [0, 0.1) is 24.2 Å². The van der Waals surface area contributed by atoms with Gasteiger partial charge in [-0.3, -0.25) is 9.69 Å². The van der Waals surface area contributed by atoms with Crippen LogP contribution in [0.3, 0.4) is 0 Å². The minimum Gasteiger partial charge on any atom is -0.337 e. The van der Waals surface area contributed by atoms with Crippen LogP contribution in [0.15, 0.2) is 11.4 Å². The van der Waals surface area contributed by atoms with Crippen LogP contribution in [0.25, 0.3) is 0 Å². The summed E-state index contributed by atoms with van der Waals surface area (Å²) < 4.78 is 0. The van der Waals surface area contributed by atoms with Crippen molar-refractivity contribution in [1.82, 2.24) is 10.2 Å². The zero-order chi connectivity index (χ0) is 15.3. The molecule has 0 bridgehead atoms. The quantitative estimate of drug-likeness (QED) is 0.877. The van der Waals surface area contributed by atoms with E-state index in [0.29, 0.717) is 6.54 Å². The van der Waals surface area contributed by atoms with E-state index >= 15 is 0 Å². The van der Waals surface area contributed by atoms with Crippen LogP contribution in [0.2, 0.25) is 0 Å². The maximum Gasteiger partial charge on any atom is 0.235 e. The van der Waals surface area contributed by atoms with Gasteiger partial charge >= 0.3 is 0 Å². The zero-order valence-electron chi connectivity index (χ0n) is 12.9. The number of nitrogens with one attached hydrogen (secondary N) is 1. The largest absolute Gasteiger partial charge is 0.337 e. The average molecular weight is 293 g/mol. The van der Waals surface area contributed by atoms with E-state index in [1.165, 1.54) is 10.4 Å². The van der Waals surface area contributed by atoms with Crippen LogP contribution in [-0.4, -0.2) is 29.9 Å². The molecule has 1 heterocycles.